The topological polar surface area (TPSA) is 105 Å². The third kappa shape index (κ3) is 5.22. The standard InChI is InChI=1S/C22H34N4O4/c1-13-10-11-17(29-12-13)20-14(2)18(26-30-20)21(27)25-19(15(3)23-4)22(28)24-16-8-6-5-7-9-16/h13,16-17,23H,5-12H2,1-4H3,(H,24,28)(H,25,27)/b19-15+. The first-order valence-electron chi connectivity index (χ1n) is 11.0. The first-order chi connectivity index (χ1) is 14.4. The molecule has 1 aliphatic heterocycles. The molecule has 2 amide bonds. The molecule has 2 unspecified atom stereocenters. The highest BCUT2D eigenvalue weighted by Crippen LogP contribution is 2.33. The smallest absolute Gasteiger partial charge is 0.278 e. The predicted octanol–water partition coefficient (Wildman–Crippen LogP) is 3.10. The summed E-state index contributed by atoms with van der Waals surface area (Å²) in [6, 6.07) is 0.147. The SMILES string of the molecule is CN/C(C)=C(/NC(=O)c1noc(C2CCC(C)CO2)c1C)C(=O)NC1CCCCC1. The van der Waals surface area contributed by atoms with Crippen molar-refractivity contribution in [1.29, 1.82) is 0 Å². The summed E-state index contributed by atoms with van der Waals surface area (Å²) in [7, 11) is 1.72. The van der Waals surface area contributed by atoms with Gasteiger partial charge in [0.25, 0.3) is 11.8 Å². The summed E-state index contributed by atoms with van der Waals surface area (Å²) < 4.78 is 11.3. The average molecular weight is 419 g/mol. The molecule has 0 bridgehead atoms. The molecule has 2 fully saturated rings. The molecule has 3 N–H and O–H groups in total. The van der Waals surface area contributed by atoms with Crippen LogP contribution in [0.4, 0.5) is 0 Å². The van der Waals surface area contributed by atoms with Gasteiger partial charge in [0.15, 0.2) is 11.5 Å². The van der Waals surface area contributed by atoms with Gasteiger partial charge in [0.05, 0.1) is 6.61 Å². The molecule has 1 aromatic rings. The molecular formula is C22H34N4O4. The maximum absolute atomic E-state index is 12.9. The number of aromatic nitrogens is 1. The van der Waals surface area contributed by atoms with E-state index in [0.29, 0.717) is 29.5 Å². The van der Waals surface area contributed by atoms with E-state index in [1.807, 2.05) is 0 Å². The largest absolute Gasteiger partial charge is 0.390 e. The van der Waals surface area contributed by atoms with Crippen LogP contribution in [0.15, 0.2) is 15.9 Å². The summed E-state index contributed by atoms with van der Waals surface area (Å²) in [6.45, 7) is 6.38. The van der Waals surface area contributed by atoms with E-state index in [1.54, 1.807) is 20.9 Å². The van der Waals surface area contributed by atoms with Crippen molar-refractivity contribution in [3.05, 3.63) is 28.4 Å². The highest BCUT2D eigenvalue weighted by Gasteiger charge is 2.30. The van der Waals surface area contributed by atoms with E-state index in [4.69, 9.17) is 9.26 Å². The lowest BCUT2D eigenvalue weighted by atomic mass is 9.95. The second kappa shape index (κ2) is 10.1. The van der Waals surface area contributed by atoms with Crippen LogP contribution < -0.4 is 16.0 Å². The Balaban J connectivity index is 1.71. The van der Waals surface area contributed by atoms with E-state index in [1.165, 1.54) is 6.42 Å². The van der Waals surface area contributed by atoms with Gasteiger partial charge in [0, 0.05) is 24.4 Å². The Morgan fingerprint density at radius 1 is 1.10 bits per heavy atom. The average Bonchev–Trinajstić information content (AvgIpc) is 3.14. The molecule has 0 spiro atoms. The Labute approximate surface area is 178 Å². The minimum absolute atomic E-state index is 0.147. The van der Waals surface area contributed by atoms with E-state index >= 15 is 0 Å². The van der Waals surface area contributed by atoms with Crippen LogP contribution in [-0.2, 0) is 9.53 Å². The lowest BCUT2D eigenvalue weighted by Gasteiger charge is -2.25. The number of ether oxygens (including phenoxy) is 1. The number of carbonyl (C=O) groups excluding carboxylic acids is 2. The number of hydrogen-bond acceptors (Lipinski definition) is 6. The fourth-order valence-corrected chi connectivity index (χ4v) is 4.07. The molecule has 166 valence electrons. The maximum atomic E-state index is 12.9. The zero-order valence-electron chi connectivity index (χ0n) is 18.5. The first-order valence-corrected chi connectivity index (χ1v) is 11.0. The third-order valence-corrected chi connectivity index (χ3v) is 6.13. The van der Waals surface area contributed by atoms with Gasteiger partial charge in [0.2, 0.25) is 0 Å². The minimum Gasteiger partial charge on any atom is -0.390 e. The fraction of sp³-hybridized carbons (Fsp3) is 0.682. The number of nitrogens with one attached hydrogen (secondary N) is 3. The molecule has 1 aromatic heterocycles. The molecule has 2 atom stereocenters. The Bertz CT molecular complexity index is 787. The second-order valence-corrected chi connectivity index (χ2v) is 8.54. The number of rotatable bonds is 6. The van der Waals surface area contributed by atoms with Crippen LogP contribution in [0, 0.1) is 12.8 Å². The van der Waals surface area contributed by atoms with Gasteiger partial charge in [-0.15, -0.1) is 0 Å². The summed E-state index contributed by atoms with van der Waals surface area (Å²) in [6.07, 6.45) is 7.08. The summed E-state index contributed by atoms with van der Waals surface area (Å²) in [5.74, 6) is 0.366. The lowest BCUT2D eigenvalue weighted by molar-refractivity contribution is -0.118. The Morgan fingerprint density at radius 2 is 1.83 bits per heavy atom. The summed E-state index contributed by atoms with van der Waals surface area (Å²) in [4.78, 5) is 25.8. The van der Waals surface area contributed by atoms with Crippen molar-refractivity contribution in [2.24, 2.45) is 5.92 Å². The number of carbonyl (C=O) groups is 2. The number of allylic oxidation sites excluding steroid dienone is 1. The van der Waals surface area contributed by atoms with Crippen LogP contribution in [0.25, 0.3) is 0 Å². The molecule has 30 heavy (non-hydrogen) atoms. The second-order valence-electron chi connectivity index (χ2n) is 8.54. The van der Waals surface area contributed by atoms with Crippen molar-refractivity contribution in [2.75, 3.05) is 13.7 Å². The quantitative estimate of drug-likeness (QED) is 0.613. The van der Waals surface area contributed by atoms with Crippen LogP contribution in [0.5, 0.6) is 0 Å². The highest BCUT2D eigenvalue weighted by molar-refractivity contribution is 6.03. The minimum atomic E-state index is -0.463. The van der Waals surface area contributed by atoms with E-state index < -0.39 is 5.91 Å². The van der Waals surface area contributed by atoms with Crippen LogP contribution in [0.2, 0.25) is 0 Å². The molecule has 1 aliphatic carbocycles. The van der Waals surface area contributed by atoms with Crippen LogP contribution in [-0.4, -0.2) is 36.7 Å². The normalized spacial score (nSPS) is 23.5. The molecule has 0 aromatic carbocycles. The van der Waals surface area contributed by atoms with Gasteiger partial charge < -0.3 is 25.2 Å². The zero-order valence-corrected chi connectivity index (χ0v) is 18.5. The maximum Gasteiger partial charge on any atom is 0.278 e. The third-order valence-electron chi connectivity index (χ3n) is 6.13. The van der Waals surface area contributed by atoms with E-state index in [9.17, 15) is 9.59 Å². The van der Waals surface area contributed by atoms with Crippen molar-refractivity contribution in [3.8, 4) is 0 Å². The molecular weight excluding hydrogens is 384 g/mol. The Kier molecular flexibility index (Phi) is 7.53. The Hall–Kier alpha value is -2.35. The van der Waals surface area contributed by atoms with Crippen molar-refractivity contribution >= 4 is 11.8 Å². The van der Waals surface area contributed by atoms with Gasteiger partial charge in [-0.2, -0.15) is 0 Å². The molecule has 2 aliphatic rings. The van der Waals surface area contributed by atoms with E-state index in [2.05, 4.69) is 28.0 Å². The highest BCUT2D eigenvalue weighted by atomic mass is 16.5. The van der Waals surface area contributed by atoms with Crippen molar-refractivity contribution in [1.82, 2.24) is 21.1 Å². The number of hydrogen-bond donors (Lipinski definition) is 3. The Morgan fingerprint density at radius 3 is 2.47 bits per heavy atom. The summed E-state index contributed by atoms with van der Waals surface area (Å²) in [5, 5.41) is 12.7. The number of amides is 2. The fourth-order valence-electron chi connectivity index (χ4n) is 4.07. The van der Waals surface area contributed by atoms with Gasteiger partial charge in [-0.3, -0.25) is 9.59 Å². The van der Waals surface area contributed by atoms with Crippen LogP contribution in [0.1, 0.15) is 86.7 Å². The van der Waals surface area contributed by atoms with Gasteiger partial charge in [-0.05, 0) is 45.4 Å². The summed E-state index contributed by atoms with van der Waals surface area (Å²) >= 11 is 0. The molecule has 1 saturated heterocycles. The lowest BCUT2D eigenvalue weighted by Crippen LogP contribution is -2.42. The van der Waals surface area contributed by atoms with Crippen LogP contribution in [0.3, 0.4) is 0 Å². The van der Waals surface area contributed by atoms with Gasteiger partial charge in [0.1, 0.15) is 11.8 Å². The van der Waals surface area contributed by atoms with Crippen molar-refractivity contribution < 1.29 is 18.8 Å². The first kappa shape index (κ1) is 22.3. The van der Waals surface area contributed by atoms with Gasteiger partial charge in [-0.25, -0.2) is 0 Å². The summed E-state index contributed by atoms with van der Waals surface area (Å²) in [5.41, 5.74) is 1.63. The van der Waals surface area contributed by atoms with Crippen molar-refractivity contribution in [3.63, 3.8) is 0 Å². The van der Waals surface area contributed by atoms with E-state index in [0.717, 1.165) is 38.5 Å². The van der Waals surface area contributed by atoms with Gasteiger partial charge in [-0.1, -0.05) is 31.3 Å². The zero-order chi connectivity index (χ0) is 21.7. The van der Waals surface area contributed by atoms with Crippen LogP contribution >= 0.6 is 0 Å². The number of nitrogens with zero attached hydrogens (tertiary/aromatic N) is 1. The monoisotopic (exact) mass is 418 g/mol. The molecule has 8 nitrogen and oxygen atoms in total. The molecule has 3 rings (SSSR count). The molecule has 2 heterocycles. The molecule has 0 radical (unpaired) electrons. The molecule has 8 heteroatoms. The van der Waals surface area contributed by atoms with Crippen molar-refractivity contribution in [2.45, 2.75) is 77.9 Å². The van der Waals surface area contributed by atoms with E-state index in [-0.39, 0.29) is 29.4 Å². The predicted molar refractivity (Wildman–Crippen MR) is 113 cm³/mol. The van der Waals surface area contributed by atoms with Gasteiger partial charge >= 0.3 is 0 Å². The molecule has 1 saturated carbocycles.